The van der Waals surface area contributed by atoms with Crippen LogP contribution in [-0.2, 0) is 11.3 Å². The Labute approximate surface area is 87.0 Å². The maximum atomic E-state index is 11.5. The molecule has 0 aliphatic heterocycles. The van der Waals surface area contributed by atoms with E-state index in [1.807, 2.05) is 18.3 Å². The standard InChI is InChI=1S/C11H12N2O2/c1-15-11(14)8-3-2-4-9-10(8)7(5-12)6-13-9/h2-4,6,13H,5,12H2,1H3. The fourth-order valence-electron chi connectivity index (χ4n) is 1.70. The Morgan fingerprint density at radius 2 is 2.33 bits per heavy atom. The van der Waals surface area contributed by atoms with Crippen molar-refractivity contribution in [1.29, 1.82) is 0 Å². The summed E-state index contributed by atoms with van der Waals surface area (Å²) in [6, 6.07) is 5.45. The SMILES string of the molecule is COC(=O)c1cccc2[nH]cc(CN)c12. The second-order valence-electron chi connectivity index (χ2n) is 3.24. The molecule has 78 valence electrons. The van der Waals surface area contributed by atoms with Crippen molar-refractivity contribution in [3.8, 4) is 0 Å². The third-order valence-corrected chi connectivity index (χ3v) is 2.41. The number of H-pyrrole nitrogens is 1. The Balaban J connectivity index is 2.72. The first kappa shape index (κ1) is 9.73. The van der Waals surface area contributed by atoms with Gasteiger partial charge in [0.05, 0.1) is 12.7 Å². The van der Waals surface area contributed by atoms with Crippen molar-refractivity contribution in [2.75, 3.05) is 7.11 Å². The highest BCUT2D eigenvalue weighted by atomic mass is 16.5. The van der Waals surface area contributed by atoms with Crippen LogP contribution in [0.4, 0.5) is 0 Å². The van der Waals surface area contributed by atoms with Crippen LogP contribution in [0.2, 0.25) is 0 Å². The van der Waals surface area contributed by atoms with Crippen LogP contribution in [0.15, 0.2) is 24.4 Å². The highest BCUT2D eigenvalue weighted by molar-refractivity contribution is 6.05. The van der Waals surface area contributed by atoms with Gasteiger partial charge in [-0.2, -0.15) is 0 Å². The van der Waals surface area contributed by atoms with Gasteiger partial charge in [-0.3, -0.25) is 0 Å². The van der Waals surface area contributed by atoms with Gasteiger partial charge >= 0.3 is 5.97 Å². The third-order valence-electron chi connectivity index (χ3n) is 2.41. The molecule has 0 saturated heterocycles. The minimum Gasteiger partial charge on any atom is -0.465 e. The zero-order valence-electron chi connectivity index (χ0n) is 8.41. The summed E-state index contributed by atoms with van der Waals surface area (Å²) >= 11 is 0. The lowest BCUT2D eigenvalue weighted by atomic mass is 10.1. The summed E-state index contributed by atoms with van der Waals surface area (Å²) < 4.78 is 4.72. The Bertz CT molecular complexity index is 502. The van der Waals surface area contributed by atoms with Crippen LogP contribution in [0.1, 0.15) is 15.9 Å². The van der Waals surface area contributed by atoms with Gasteiger partial charge in [-0.15, -0.1) is 0 Å². The summed E-state index contributed by atoms with van der Waals surface area (Å²) in [5.41, 5.74) is 7.97. The van der Waals surface area contributed by atoms with Crippen LogP contribution in [-0.4, -0.2) is 18.1 Å². The summed E-state index contributed by atoms with van der Waals surface area (Å²) in [4.78, 5) is 14.6. The average Bonchev–Trinajstić information content (AvgIpc) is 2.70. The number of nitrogens with two attached hydrogens (primary N) is 1. The van der Waals surface area contributed by atoms with Gasteiger partial charge < -0.3 is 15.5 Å². The first-order chi connectivity index (χ1) is 7.27. The Kier molecular flexibility index (Phi) is 2.43. The molecular formula is C11H12N2O2. The second kappa shape index (κ2) is 3.74. The number of hydrogen-bond donors (Lipinski definition) is 2. The van der Waals surface area contributed by atoms with E-state index in [9.17, 15) is 4.79 Å². The monoisotopic (exact) mass is 204 g/mol. The molecule has 3 N–H and O–H groups in total. The van der Waals surface area contributed by atoms with Crippen molar-refractivity contribution in [2.45, 2.75) is 6.54 Å². The minimum absolute atomic E-state index is 0.338. The number of esters is 1. The van der Waals surface area contributed by atoms with Gasteiger partial charge in [0, 0.05) is 23.6 Å². The summed E-state index contributed by atoms with van der Waals surface area (Å²) in [6.45, 7) is 0.397. The Morgan fingerprint density at radius 3 is 3.00 bits per heavy atom. The fourth-order valence-corrected chi connectivity index (χ4v) is 1.70. The van der Waals surface area contributed by atoms with E-state index in [-0.39, 0.29) is 5.97 Å². The maximum Gasteiger partial charge on any atom is 0.338 e. The molecule has 0 radical (unpaired) electrons. The molecule has 0 amide bonds. The molecule has 4 heteroatoms. The quantitative estimate of drug-likeness (QED) is 0.727. The molecule has 0 spiro atoms. The van der Waals surface area contributed by atoms with E-state index < -0.39 is 0 Å². The van der Waals surface area contributed by atoms with E-state index >= 15 is 0 Å². The van der Waals surface area contributed by atoms with Crippen molar-refractivity contribution in [3.05, 3.63) is 35.5 Å². The fraction of sp³-hybridized carbons (Fsp3) is 0.182. The normalized spacial score (nSPS) is 10.5. The van der Waals surface area contributed by atoms with Crippen molar-refractivity contribution < 1.29 is 9.53 Å². The van der Waals surface area contributed by atoms with E-state index in [2.05, 4.69) is 4.98 Å². The average molecular weight is 204 g/mol. The smallest absolute Gasteiger partial charge is 0.338 e. The lowest BCUT2D eigenvalue weighted by molar-refractivity contribution is 0.0603. The zero-order valence-corrected chi connectivity index (χ0v) is 8.41. The molecule has 0 bridgehead atoms. The molecule has 4 nitrogen and oxygen atoms in total. The van der Waals surface area contributed by atoms with Crippen molar-refractivity contribution in [1.82, 2.24) is 4.98 Å². The Hall–Kier alpha value is -1.81. The van der Waals surface area contributed by atoms with Gasteiger partial charge in [0.2, 0.25) is 0 Å². The van der Waals surface area contributed by atoms with Crippen LogP contribution < -0.4 is 5.73 Å². The van der Waals surface area contributed by atoms with Crippen molar-refractivity contribution in [2.24, 2.45) is 5.73 Å². The highest BCUT2D eigenvalue weighted by Crippen LogP contribution is 2.22. The molecule has 1 aromatic heterocycles. The summed E-state index contributed by atoms with van der Waals surface area (Å²) in [7, 11) is 1.37. The van der Waals surface area contributed by atoms with Crippen LogP contribution in [0.25, 0.3) is 10.9 Å². The predicted octanol–water partition coefficient (Wildman–Crippen LogP) is 1.41. The van der Waals surface area contributed by atoms with Crippen LogP contribution in [0.3, 0.4) is 0 Å². The number of aromatic amines is 1. The van der Waals surface area contributed by atoms with Crippen LogP contribution in [0, 0.1) is 0 Å². The predicted molar refractivity (Wildman–Crippen MR) is 57.5 cm³/mol. The lowest BCUT2D eigenvalue weighted by Crippen LogP contribution is -2.03. The third kappa shape index (κ3) is 1.49. The van der Waals surface area contributed by atoms with E-state index in [1.165, 1.54) is 7.11 Å². The number of carbonyl (C=O) groups is 1. The number of rotatable bonds is 2. The van der Waals surface area contributed by atoms with Gasteiger partial charge in [-0.25, -0.2) is 4.79 Å². The number of ether oxygens (including phenoxy) is 1. The molecule has 0 aliphatic carbocycles. The Morgan fingerprint density at radius 1 is 1.53 bits per heavy atom. The summed E-state index contributed by atoms with van der Waals surface area (Å²) in [5.74, 6) is -0.338. The van der Waals surface area contributed by atoms with Gasteiger partial charge in [0.15, 0.2) is 0 Å². The van der Waals surface area contributed by atoms with Crippen LogP contribution >= 0.6 is 0 Å². The second-order valence-corrected chi connectivity index (χ2v) is 3.24. The van der Waals surface area contributed by atoms with Gasteiger partial charge in [0.25, 0.3) is 0 Å². The van der Waals surface area contributed by atoms with E-state index in [4.69, 9.17) is 10.5 Å². The number of hydrogen-bond acceptors (Lipinski definition) is 3. The largest absolute Gasteiger partial charge is 0.465 e. The zero-order chi connectivity index (χ0) is 10.8. The topological polar surface area (TPSA) is 68.1 Å². The molecule has 15 heavy (non-hydrogen) atoms. The summed E-state index contributed by atoms with van der Waals surface area (Å²) in [6.07, 6.45) is 1.82. The van der Waals surface area contributed by atoms with Crippen molar-refractivity contribution in [3.63, 3.8) is 0 Å². The number of fused-ring (bicyclic) bond motifs is 1. The molecule has 0 unspecified atom stereocenters. The van der Waals surface area contributed by atoms with Gasteiger partial charge in [-0.1, -0.05) is 6.07 Å². The number of aromatic nitrogens is 1. The molecular weight excluding hydrogens is 192 g/mol. The number of carbonyl (C=O) groups excluding carboxylic acids is 1. The van der Waals surface area contributed by atoms with Gasteiger partial charge in [-0.05, 0) is 17.7 Å². The molecule has 1 aromatic carbocycles. The van der Waals surface area contributed by atoms with Crippen LogP contribution in [0.5, 0.6) is 0 Å². The number of benzene rings is 1. The highest BCUT2D eigenvalue weighted by Gasteiger charge is 2.13. The maximum absolute atomic E-state index is 11.5. The lowest BCUT2D eigenvalue weighted by Gasteiger charge is -2.02. The molecule has 1 heterocycles. The molecule has 2 rings (SSSR count). The molecule has 0 fully saturated rings. The van der Waals surface area contributed by atoms with E-state index in [0.717, 1.165) is 16.5 Å². The van der Waals surface area contributed by atoms with Crippen molar-refractivity contribution >= 4 is 16.9 Å². The van der Waals surface area contributed by atoms with E-state index in [1.54, 1.807) is 6.07 Å². The van der Waals surface area contributed by atoms with Gasteiger partial charge in [0.1, 0.15) is 0 Å². The molecule has 0 atom stereocenters. The first-order valence-electron chi connectivity index (χ1n) is 4.65. The minimum atomic E-state index is -0.338. The molecule has 0 aliphatic rings. The molecule has 0 saturated carbocycles. The number of methoxy groups -OCH3 is 1. The van der Waals surface area contributed by atoms with E-state index in [0.29, 0.717) is 12.1 Å². The first-order valence-corrected chi connectivity index (χ1v) is 4.65. The molecule has 2 aromatic rings. The summed E-state index contributed by atoms with van der Waals surface area (Å²) in [5, 5.41) is 0.854. The number of nitrogens with one attached hydrogen (secondary N) is 1.